The predicted octanol–water partition coefficient (Wildman–Crippen LogP) is 2.83. The molecule has 0 atom stereocenters. The van der Waals surface area contributed by atoms with E-state index in [0.29, 0.717) is 38.0 Å². The van der Waals surface area contributed by atoms with Crippen LogP contribution in [0.2, 0.25) is 0 Å². The Morgan fingerprint density at radius 3 is 2.24 bits per heavy atom. The van der Waals surface area contributed by atoms with Gasteiger partial charge in [-0.1, -0.05) is 25.7 Å². The van der Waals surface area contributed by atoms with Crippen molar-refractivity contribution in [3.63, 3.8) is 0 Å². The maximum Gasteiger partial charge on any atom is 0.325 e. The molecule has 0 radical (unpaired) electrons. The van der Waals surface area contributed by atoms with Crippen molar-refractivity contribution >= 4 is 33.6 Å². The number of sulfonamides is 1. The van der Waals surface area contributed by atoms with E-state index in [4.69, 9.17) is 0 Å². The van der Waals surface area contributed by atoms with Crippen LogP contribution in [0.4, 0.5) is 10.5 Å². The molecule has 1 aromatic rings. The molecular formula is C23H32N4O5S. The van der Waals surface area contributed by atoms with Gasteiger partial charge in [0.15, 0.2) is 0 Å². The van der Waals surface area contributed by atoms with E-state index in [1.807, 2.05) is 0 Å². The first-order valence-electron chi connectivity index (χ1n) is 11.9. The molecule has 1 saturated carbocycles. The standard InChI is InChI=1S/C23H32N4O5S/c28-20(8-7-17-27-21(29)23(25-22(27)30)13-3-4-14-23)24-18-9-11-19(12-10-18)33(31,32)26-15-5-1-2-6-16-26/h9-12H,1-8,13-17H2,(H,24,28)(H,25,30). The lowest BCUT2D eigenvalue weighted by Crippen LogP contribution is -2.44. The van der Waals surface area contributed by atoms with Crippen molar-refractivity contribution in [2.24, 2.45) is 0 Å². The minimum Gasteiger partial charge on any atom is -0.326 e. The highest BCUT2D eigenvalue weighted by Crippen LogP contribution is 2.35. The summed E-state index contributed by atoms with van der Waals surface area (Å²) < 4.78 is 27.3. The van der Waals surface area contributed by atoms with Crippen molar-refractivity contribution in [2.75, 3.05) is 25.0 Å². The molecule has 3 fully saturated rings. The van der Waals surface area contributed by atoms with Gasteiger partial charge in [-0.2, -0.15) is 4.31 Å². The average Bonchev–Trinajstić information content (AvgIpc) is 3.21. The second-order valence-corrected chi connectivity index (χ2v) is 11.1. The number of carbonyl (C=O) groups excluding carboxylic acids is 3. The zero-order valence-electron chi connectivity index (χ0n) is 18.8. The average molecular weight is 477 g/mol. The molecular weight excluding hydrogens is 444 g/mol. The largest absolute Gasteiger partial charge is 0.326 e. The lowest BCUT2D eigenvalue weighted by atomic mass is 9.98. The molecule has 2 N–H and O–H groups in total. The number of imide groups is 1. The van der Waals surface area contributed by atoms with Crippen LogP contribution in [0.5, 0.6) is 0 Å². The van der Waals surface area contributed by atoms with Gasteiger partial charge in [-0.25, -0.2) is 13.2 Å². The Bertz CT molecular complexity index is 994. The molecule has 2 saturated heterocycles. The summed E-state index contributed by atoms with van der Waals surface area (Å²) in [6.07, 6.45) is 7.58. The summed E-state index contributed by atoms with van der Waals surface area (Å²) in [5.74, 6) is -0.424. The lowest BCUT2D eigenvalue weighted by molar-refractivity contribution is -0.131. The summed E-state index contributed by atoms with van der Waals surface area (Å²) in [6, 6.07) is 5.84. The van der Waals surface area contributed by atoms with Crippen LogP contribution in [-0.2, 0) is 19.6 Å². The number of nitrogens with zero attached hydrogens (tertiary/aromatic N) is 2. The molecule has 10 heteroatoms. The number of hydrogen-bond donors (Lipinski definition) is 2. The van der Waals surface area contributed by atoms with E-state index in [9.17, 15) is 22.8 Å². The van der Waals surface area contributed by atoms with Gasteiger partial charge in [-0.3, -0.25) is 14.5 Å². The molecule has 3 aliphatic rings. The number of amides is 4. The Labute approximate surface area is 194 Å². The molecule has 2 aliphatic heterocycles. The number of rotatable bonds is 7. The molecule has 1 spiro atoms. The van der Waals surface area contributed by atoms with Crippen LogP contribution in [0, 0.1) is 0 Å². The SMILES string of the molecule is O=C(CCCN1C(=O)NC2(CCCC2)C1=O)Nc1ccc(S(=O)(=O)N2CCCCCC2)cc1. The fraction of sp³-hybridized carbons (Fsp3) is 0.609. The summed E-state index contributed by atoms with van der Waals surface area (Å²) in [6.45, 7) is 1.28. The van der Waals surface area contributed by atoms with Gasteiger partial charge in [0.25, 0.3) is 5.91 Å². The predicted molar refractivity (Wildman–Crippen MR) is 123 cm³/mol. The summed E-state index contributed by atoms with van der Waals surface area (Å²) in [4.78, 5) is 38.6. The second-order valence-electron chi connectivity index (χ2n) is 9.17. The summed E-state index contributed by atoms with van der Waals surface area (Å²) in [5, 5.41) is 5.59. The second kappa shape index (κ2) is 9.80. The third-order valence-electron chi connectivity index (χ3n) is 6.83. The molecule has 4 rings (SSSR count). The van der Waals surface area contributed by atoms with Crippen molar-refractivity contribution in [1.82, 2.24) is 14.5 Å². The zero-order chi connectivity index (χ0) is 23.5. The van der Waals surface area contributed by atoms with Gasteiger partial charge in [0.2, 0.25) is 15.9 Å². The van der Waals surface area contributed by atoms with Gasteiger partial charge in [0, 0.05) is 31.7 Å². The van der Waals surface area contributed by atoms with Crippen molar-refractivity contribution in [1.29, 1.82) is 0 Å². The number of urea groups is 1. The Morgan fingerprint density at radius 2 is 1.61 bits per heavy atom. The fourth-order valence-electron chi connectivity index (χ4n) is 4.96. The maximum absolute atomic E-state index is 12.9. The minimum atomic E-state index is -3.53. The molecule has 0 aromatic heterocycles. The molecule has 2 heterocycles. The highest BCUT2D eigenvalue weighted by atomic mass is 32.2. The van der Waals surface area contributed by atoms with Gasteiger partial charge < -0.3 is 10.6 Å². The number of benzene rings is 1. The van der Waals surface area contributed by atoms with E-state index in [2.05, 4.69) is 10.6 Å². The van der Waals surface area contributed by atoms with Crippen LogP contribution < -0.4 is 10.6 Å². The molecule has 0 bridgehead atoms. The maximum atomic E-state index is 12.9. The number of nitrogens with one attached hydrogen (secondary N) is 2. The van der Waals surface area contributed by atoms with Gasteiger partial charge in [-0.05, 0) is 56.4 Å². The number of anilines is 1. The topological polar surface area (TPSA) is 116 Å². The molecule has 4 amide bonds. The monoisotopic (exact) mass is 476 g/mol. The van der Waals surface area contributed by atoms with Gasteiger partial charge >= 0.3 is 6.03 Å². The number of hydrogen-bond acceptors (Lipinski definition) is 5. The van der Waals surface area contributed by atoms with Crippen LogP contribution in [0.25, 0.3) is 0 Å². The molecule has 1 aromatic carbocycles. The first kappa shape index (κ1) is 23.7. The van der Waals surface area contributed by atoms with Crippen LogP contribution in [-0.4, -0.2) is 60.6 Å². The van der Waals surface area contributed by atoms with E-state index in [0.717, 1.165) is 38.5 Å². The van der Waals surface area contributed by atoms with Crippen LogP contribution >= 0.6 is 0 Å². The quantitative estimate of drug-likeness (QED) is 0.587. The third kappa shape index (κ3) is 5.06. The zero-order valence-corrected chi connectivity index (χ0v) is 19.7. The minimum absolute atomic E-state index is 0.151. The van der Waals surface area contributed by atoms with Gasteiger partial charge in [-0.15, -0.1) is 0 Å². The summed E-state index contributed by atoms with van der Waals surface area (Å²) in [7, 11) is -3.53. The Hall–Kier alpha value is -2.46. The Morgan fingerprint density at radius 1 is 0.970 bits per heavy atom. The Kier molecular flexibility index (Phi) is 7.04. The van der Waals surface area contributed by atoms with Crippen molar-refractivity contribution in [3.8, 4) is 0 Å². The molecule has 9 nitrogen and oxygen atoms in total. The summed E-state index contributed by atoms with van der Waals surface area (Å²) in [5.41, 5.74) is -0.218. The van der Waals surface area contributed by atoms with Crippen molar-refractivity contribution in [3.05, 3.63) is 24.3 Å². The van der Waals surface area contributed by atoms with Crippen LogP contribution in [0.1, 0.15) is 64.2 Å². The lowest BCUT2D eigenvalue weighted by Gasteiger charge is -2.20. The highest BCUT2D eigenvalue weighted by Gasteiger charge is 2.52. The Balaban J connectivity index is 1.27. The van der Waals surface area contributed by atoms with E-state index in [-0.39, 0.29) is 35.7 Å². The van der Waals surface area contributed by atoms with Crippen molar-refractivity contribution in [2.45, 2.75) is 74.6 Å². The van der Waals surface area contributed by atoms with Crippen LogP contribution in [0.15, 0.2) is 29.2 Å². The molecule has 0 unspecified atom stereocenters. The summed E-state index contributed by atoms with van der Waals surface area (Å²) >= 11 is 0. The third-order valence-corrected chi connectivity index (χ3v) is 8.74. The van der Waals surface area contributed by atoms with Gasteiger partial charge in [0.1, 0.15) is 5.54 Å². The van der Waals surface area contributed by atoms with E-state index in [1.54, 1.807) is 16.4 Å². The molecule has 1 aliphatic carbocycles. The van der Waals surface area contributed by atoms with Gasteiger partial charge in [0.05, 0.1) is 4.90 Å². The first-order valence-corrected chi connectivity index (χ1v) is 13.3. The van der Waals surface area contributed by atoms with Crippen molar-refractivity contribution < 1.29 is 22.8 Å². The van der Waals surface area contributed by atoms with E-state index in [1.165, 1.54) is 17.0 Å². The van der Waals surface area contributed by atoms with E-state index >= 15 is 0 Å². The molecule has 180 valence electrons. The smallest absolute Gasteiger partial charge is 0.325 e. The normalized spacial score (nSPS) is 21.3. The first-order chi connectivity index (χ1) is 15.8. The fourth-order valence-corrected chi connectivity index (χ4v) is 6.48. The highest BCUT2D eigenvalue weighted by molar-refractivity contribution is 7.89. The molecule has 33 heavy (non-hydrogen) atoms. The van der Waals surface area contributed by atoms with E-state index < -0.39 is 15.6 Å². The van der Waals surface area contributed by atoms with Crippen LogP contribution in [0.3, 0.4) is 0 Å². The number of carbonyl (C=O) groups is 3.